The van der Waals surface area contributed by atoms with Crippen LogP contribution in [0.5, 0.6) is 0 Å². The summed E-state index contributed by atoms with van der Waals surface area (Å²) in [6, 6.07) is 1.83. The number of hydrogen-bond donors (Lipinski definition) is 0. The molecule has 0 saturated carbocycles. The monoisotopic (exact) mass is 615 g/mol. The van der Waals surface area contributed by atoms with Crippen molar-refractivity contribution in [2.45, 2.75) is 0 Å². The maximum atomic E-state index is 9.64. The number of fused-ring (bicyclic) bond motifs is 8. The van der Waals surface area contributed by atoms with Crippen LogP contribution in [0.1, 0.15) is 26.0 Å². The van der Waals surface area contributed by atoms with Crippen LogP contribution in [0.4, 0.5) is 0 Å². The van der Waals surface area contributed by atoms with Gasteiger partial charge in [-0.05, 0) is 77.5 Å². The van der Waals surface area contributed by atoms with E-state index in [1.807, 2.05) is 24.3 Å². The van der Waals surface area contributed by atoms with E-state index in [0.717, 1.165) is 5.39 Å². The lowest BCUT2D eigenvalue weighted by molar-refractivity contribution is 0.670. The van der Waals surface area contributed by atoms with E-state index in [4.69, 9.17) is 20.9 Å². The molecule has 0 bridgehead atoms. The van der Waals surface area contributed by atoms with Crippen molar-refractivity contribution >= 4 is 65.0 Å². The molecule has 0 spiro atoms. The summed E-state index contributed by atoms with van der Waals surface area (Å²) in [5.74, 6) is 0. The predicted octanol–water partition coefficient (Wildman–Crippen LogP) is 13.2. The van der Waals surface area contributed by atoms with E-state index >= 15 is 0 Å². The van der Waals surface area contributed by atoms with Gasteiger partial charge in [-0.15, -0.1) is 0 Å². The van der Waals surface area contributed by atoms with Gasteiger partial charge in [-0.1, -0.05) is 157 Å². The van der Waals surface area contributed by atoms with Crippen molar-refractivity contribution in [3.8, 4) is 33.4 Å². The van der Waals surface area contributed by atoms with Crippen LogP contribution in [-0.4, -0.2) is 0 Å². The molecule has 1 heterocycles. The zero-order valence-corrected chi connectivity index (χ0v) is 24.1. The minimum atomic E-state index is -0.842. The Balaban J connectivity index is 1.55. The van der Waals surface area contributed by atoms with Crippen molar-refractivity contribution in [2.24, 2.45) is 0 Å². The fraction of sp³-hybridized carbons (Fsp3) is 0. The molecule has 10 rings (SSSR count). The Hall–Kier alpha value is -6.18. The van der Waals surface area contributed by atoms with Crippen molar-refractivity contribution in [3.05, 3.63) is 169 Å². The molecular weight excluding hydrogens is 569 g/mol. The molecule has 0 fully saturated rings. The van der Waals surface area contributed by atoms with Crippen LogP contribution in [0.2, 0.25) is 0 Å². The second-order valence-electron chi connectivity index (χ2n) is 11.0. The summed E-state index contributed by atoms with van der Waals surface area (Å²) in [5, 5.41) is -0.00637. The molecule has 0 radical (unpaired) electrons. The van der Waals surface area contributed by atoms with Gasteiger partial charge in [0, 0.05) is 21.9 Å². The third kappa shape index (κ3) is 3.84. The highest BCUT2D eigenvalue weighted by Crippen LogP contribution is 2.49. The maximum absolute atomic E-state index is 9.64. The Kier molecular flexibility index (Phi) is 2.96. The first-order valence-electron chi connectivity index (χ1n) is 24.1. The van der Waals surface area contributed by atoms with E-state index in [9.17, 15) is 9.60 Å². The minimum Gasteiger partial charge on any atom is -0.455 e. The number of para-hydroxylation sites is 2. The Bertz CT molecular complexity index is 3850. The second-order valence-corrected chi connectivity index (χ2v) is 11.0. The Morgan fingerprint density at radius 3 is 1.60 bits per heavy atom. The molecule has 9 aromatic carbocycles. The fourth-order valence-corrected chi connectivity index (χ4v) is 6.59. The lowest BCUT2D eigenvalue weighted by Gasteiger charge is -2.20. The molecule has 0 atom stereocenters. The van der Waals surface area contributed by atoms with Crippen LogP contribution >= 0.6 is 0 Å². The largest absolute Gasteiger partial charge is 0.455 e. The van der Waals surface area contributed by atoms with E-state index in [1.54, 1.807) is 30.3 Å². The second kappa shape index (κ2) is 10.2. The Labute approximate surface area is 298 Å². The van der Waals surface area contributed by atoms with Crippen molar-refractivity contribution in [3.63, 3.8) is 0 Å². The van der Waals surface area contributed by atoms with Crippen LogP contribution in [0.15, 0.2) is 174 Å². The van der Waals surface area contributed by atoms with E-state index in [2.05, 4.69) is 0 Å². The third-order valence-electron chi connectivity index (χ3n) is 8.54. The van der Waals surface area contributed by atoms with E-state index in [1.165, 1.54) is 0 Å². The number of furan rings is 1. The Morgan fingerprint density at radius 1 is 0.362 bits per heavy atom. The first-order valence-corrected chi connectivity index (χ1v) is 14.6. The van der Waals surface area contributed by atoms with Gasteiger partial charge in [0.05, 0.1) is 26.0 Å². The van der Waals surface area contributed by atoms with Gasteiger partial charge in [-0.25, -0.2) is 0 Å². The highest BCUT2D eigenvalue weighted by atomic mass is 16.3. The summed E-state index contributed by atoms with van der Waals surface area (Å²) in [6.45, 7) is 0. The first kappa shape index (κ1) is 13.7. The van der Waals surface area contributed by atoms with Crippen LogP contribution in [-0.2, 0) is 0 Å². The molecule has 1 nitrogen and oxygen atoms in total. The summed E-state index contributed by atoms with van der Waals surface area (Å²) in [7, 11) is 0. The molecular formula is C46H28O. The lowest BCUT2D eigenvalue weighted by atomic mass is 9.82. The molecule has 0 aliphatic rings. The van der Waals surface area contributed by atoms with E-state index in [0.29, 0.717) is 16.2 Å². The van der Waals surface area contributed by atoms with Crippen LogP contribution < -0.4 is 0 Å². The molecule has 1 heteroatoms. The molecule has 47 heavy (non-hydrogen) atoms. The Morgan fingerprint density at radius 2 is 0.872 bits per heavy atom. The van der Waals surface area contributed by atoms with Crippen molar-refractivity contribution in [1.82, 2.24) is 0 Å². The zero-order valence-electron chi connectivity index (χ0n) is 43.1. The summed E-state index contributed by atoms with van der Waals surface area (Å²) in [6.07, 6.45) is 0. The molecule has 1 aromatic heterocycles. The van der Waals surface area contributed by atoms with Crippen molar-refractivity contribution in [2.75, 3.05) is 0 Å². The van der Waals surface area contributed by atoms with Gasteiger partial charge in [-0.3, -0.25) is 0 Å². The molecule has 0 N–H and O–H groups in total. The van der Waals surface area contributed by atoms with Gasteiger partial charge >= 0.3 is 0 Å². The summed E-state index contributed by atoms with van der Waals surface area (Å²) in [5.41, 5.74) is -2.71. The van der Waals surface area contributed by atoms with Gasteiger partial charge in [-0.2, -0.15) is 0 Å². The predicted molar refractivity (Wildman–Crippen MR) is 200 cm³/mol. The highest BCUT2D eigenvalue weighted by Gasteiger charge is 2.22. The van der Waals surface area contributed by atoms with Crippen LogP contribution in [0, 0.1) is 0 Å². The third-order valence-corrected chi connectivity index (χ3v) is 8.54. The van der Waals surface area contributed by atoms with Crippen molar-refractivity contribution < 1.29 is 30.5 Å². The molecule has 0 unspecified atom stereocenters. The zero-order chi connectivity index (χ0) is 47.4. The van der Waals surface area contributed by atoms with Gasteiger partial charge in [0.25, 0.3) is 0 Å². The van der Waals surface area contributed by atoms with Crippen molar-refractivity contribution in [1.29, 1.82) is 0 Å². The van der Waals surface area contributed by atoms with Gasteiger partial charge in [0.2, 0.25) is 0 Å². The summed E-state index contributed by atoms with van der Waals surface area (Å²) in [4.78, 5) is 0. The first-order chi connectivity index (χ1) is 31.2. The smallest absolute Gasteiger partial charge is 0.143 e. The average molecular weight is 616 g/mol. The fourth-order valence-electron chi connectivity index (χ4n) is 6.59. The van der Waals surface area contributed by atoms with Gasteiger partial charge in [0.1, 0.15) is 11.2 Å². The molecule has 10 aromatic rings. The summed E-state index contributed by atoms with van der Waals surface area (Å²) < 4.78 is 179. The summed E-state index contributed by atoms with van der Waals surface area (Å²) >= 11 is 0. The highest BCUT2D eigenvalue weighted by molar-refractivity contribution is 6.25. The van der Waals surface area contributed by atoms with E-state index < -0.39 is 164 Å². The molecule has 218 valence electrons. The number of rotatable bonds is 3. The minimum absolute atomic E-state index is 0.158. The molecule has 0 aliphatic carbocycles. The quantitative estimate of drug-likeness (QED) is 0.142. The topological polar surface area (TPSA) is 13.1 Å². The van der Waals surface area contributed by atoms with Gasteiger partial charge < -0.3 is 4.42 Å². The number of hydrogen-bond acceptors (Lipinski definition) is 1. The SMILES string of the molecule is [2H]c1c([2H])c([2H])c(-c2c3c([2H])c([2H])c([2H])c([2H])c3c(-c3c([2H])c([2H])c([2H])c4c3oc3c([2H])c([2H])c([2H])c([2H])c34)c3c([2H])c([2H])c([2H])c([2H])c23)c(-c2cc3ccccc3c3ccccc23)c1[2H]. The van der Waals surface area contributed by atoms with Crippen LogP contribution in [0.3, 0.4) is 0 Å². The standard InChI is InChI=1S/C46H28O/c1-2-15-30-29(14-1)28-42(32-17-4-3-16-31(30)32)33-18-5-6-20-35(33)44-36-21-7-9-23-38(36)45(39-24-10-8-22-37(39)44)41-26-13-25-40-34-19-11-12-27-43(34)47-46(40)41/h1-28H/i5D,6D,7D,8D,9D,10D,11D,12D,13D,18D,19D,20D,21D,22D,23D,24D,25D,26D,27D. The van der Waals surface area contributed by atoms with Gasteiger partial charge in [0.15, 0.2) is 0 Å². The number of benzene rings is 9. The lowest BCUT2D eigenvalue weighted by Crippen LogP contribution is -1.93. The molecule has 0 saturated heterocycles. The maximum Gasteiger partial charge on any atom is 0.143 e. The van der Waals surface area contributed by atoms with E-state index in [-0.39, 0.29) is 27.5 Å². The normalized spacial score (nSPS) is 17.5. The molecule has 0 aliphatic heterocycles. The average Bonchev–Trinajstić information content (AvgIpc) is 3.72. The molecule has 0 amide bonds. The van der Waals surface area contributed by atoms with Crippen LogP contribution in [0.25, 0.3) is 98.4 Å².